The number of aromatic nitrogens is 6. The van der Waals surface area contributed by atoms with Crippen LogP contribution < -0.4 is 49.7 Å². The van der Waals surface area contributed by atoms with E-state index in [9.17, 15) is 39.0 Å². The molecule has 26 nitrogen and oxygen atoms in total. The molecule has 0 spiro atoms. The number of nitrogens with zero attached hydrogens (tertiary/aromatic N) is 4. The topological polar surface area (TPSA) is 353 Å². The van der Waals surface area contributed by atoms with E-state index in [1.54, 1.807) is 0 Å². The van der Waals surface area contributed by atoms with Crippen LogP contribution in [0.4, 0.5) is 0 Å². The Labute approximate surface area is 641 Å². The van der Waals surface area contributed by atoms with Gasteiger partial charge in [-0.3, -0.25) is 43.0 Å². The first kappa shape index (κ1) is 98.4. The number of alkyl halides is 3. The van der Waals surface area contributed by atoms with Gasteiger partial charge in [0.2, 0.25) is 0 Å². The van der Waals surface area contributed by atoms with Crippen molar-refractivity contribution in [3.05, 3.63) is 190 Å². The van der Waals surface area contributed by atoms with Crippen molar-refractivity contribution in [3.63, 3.8) is 0 Å². The highest BCUT2D eigenvalue weighted by Crippen LogP contribution is 2.50. The number of halogens is 3. The lowest BCUT2D eigenvalue weighted by Crippen LogP contribution is -2.44. The van der Waals surface area contributed by atoms with Crippen molar-refractivity contribution in [2.24, 2.45) is 0 Å². The minimum atomic E-state index is -1.26. The second-order valence-corrected chi connectivity index (χ2v) is 28.3. The first-order valence-electron chi connectivity index (χ1n) is 34.7. The zero-order valence-electron chi connectivity index (χ0n) is 61.5. The molecule has 4 unspecified atom stereocenters. The first-order chi connectivity index (χ1) is 49.8. The Morgan fingerprint density at radius 3 is 1.08 bits per heavy atom. The van der Waals surface area contributed by atoms with Crippen molar-refractivity contribution < 1.29 is 62.6 Å². The fraction of sp³-hybridized carbons (Fsp3) is 0.587. The average Bonchev–Trinajstić information content (AvgIpc) is 1.62. The van der Waals surface area contributed by atoms with Crippen LogP contribution in [0, 0.1) is 11.3 Å². The molecular formula is C75H116Cl3N7O19P2. The summed E-state index contributed by atoms with van der Waals surface area (Å²) in [5, 5.41) is 34.2. The van der Waals surface area contributed by atoms with E-state index < -0.39 is 122 Å². The number of hydrogen-bond acceptors (Lipinski definition) is 19. The number of aliphatic hydroxyl groups is 2. The van der Waals surface area contributed by atoms with E-state index in [0.29, 0.717) is 38.5 Å². The largest absolute Gasteiger partial charge is 0.412 e. The van der Waals surface area contributed by atoms with Crippen LogP contribution in [-0.2, 0) is 46.9 Å². The molecule has 5 aliphatic heterocycles. The molecular weight excluding hydrogens is 1470 g/mol. The van der Waals surface area contributed by atoms with Crippen molar-refractivity contribution >= 4 is 67.0 Å². The number of aliphatic hydroxyl groups excluding tert-OH is 2. The van der Waals surface area contributed by atoms with Crippen LogP contribution >= 0.6 is 51.1 Å². The van der Waals surface area contributed by atoms with Gasteiger partial charge in [0.25, 0.3) is 16.7 Å². The highest BCUT2D eigenvalue weighted by Gasteiger charge is 2.57. The van der Waals surface area contributed by atoms with Gasteiger partial charge in [0.1, 0.15) is 36.6 Å². The summed E-state index contributed by atoms with van der Waals surface area (Å²) in [6.07, 6.45) is 10.2. The molecule has 12 atom stereocenters. The quantitative estimate of drug-likeness (QED) is 0.0239. The van der Waals surface area contributed by atoms with Gasteiger partial charge in [-0.05, 0) is 88.0 Å². The van der Waals surface area contributed by atoms with Crippen LogP contribution in [0.2, 0.25) is 0 Å². The highest BCUT2D eigenvalue weighted by atomic mass is 35.5. The van der Waals surface area contributed by atoms with Gasteiger partial charge in [0.05, 0.1) is 41.2 Å². The number of methoxy groups -OCH3 is 3. The van der Waals surface area contributed by atoms with Crippen LogP contribution in [-0.4, -0.2) is 171 Å². The van der Waals surface area contributed by atoms with E-state index in [-0.39, 0.29) is 38.7 Å². The summed E-state index contributed by atoms with van der Waals surface area (Å²) in [7, 11) is 2.76. The standard InChI is InChI=1S/C18H15P.C17H26N3O6P.2C14H22N2O5.2C4H8O.CH2Cl2.CH3Cl.2CH4.H2O/c1-4-10-16(11-5-1)19(17-12-6-2-7-13-17)18-14-8-3-9-15-18;1-5-17(6-2)14(26-27(4)24-11-7-9-18)13(23-3)15(25-17)20-10-8-12(21)19-16(20)22;2*1-4-7-14(5-2)11(18)10(20-3)12(21-14)16-8-6-9(17)15-13(16)19;2*1-2-4-5-3-1;2-1-3;1-2;;;/h1-15H;8,10,13-15H,5-7,11H2,1-4H3,(H,19,21,22);2*6,8,10-12,18H,4-5,7H2,1-3H3,(H,15,17,19);2*1-4H2;1H2;1H3;2*1H4;1H2/t;13-,14?,15+,27?;2*10-,11?,12+,14-;;;;;;;/m.000......./s1. The van der Waals surface area contributed by atoms with Gasteiger partial charge in [-0.2, -0.15) is 5.26 Å². The maximum atomic E-state index is 12.3. The summed E-state index contributed by atoms with van der Waals surface area (Å²) in [6, 6.07) is 38.1. The Bertz CT molecular complexity index is 3510. The van der Waals surface area contributed by atoms with Gasteiger partial charge in [-0.25, -0.2) is 14.4 Å². The molecule has 0 bridgehead atoms. The number of aromatic amines is 3. The predicted octanol–water partition coefficient (Wildman–Crippen LogP) is 10.4. The molecule has 0 saturated carbocycles. The second-order valence-electron chi connectivity index (χ2n) is 24.0. The van der Waals surface area contributed by atoms with Gasteiger partial charge in [-0.15, -0.1) is 34.8 Å². The Morgan fingerprint density at radius 2 is 0.830 bits per heavy atom. The SMILES string of the molecule is C.C.C1CCOC1.C1CCOC1.CCC1(CC)O[C@@H](n2ccc(=O)[nH]c2=O)[C@@H](OC)C1OP(C)OCCC#N.CCC[C@]1(CC)O[C@@H](n2ccc(=O)[nH]c2=O)[C@@H](OC)C1O.CCC[C@]1(CC)O[C@@H](n2ccc(=O)[nH]c2=O)[C@@H](OC)C1O.CCl.ClCCl.O.c1ccc(P(c2ccccc2)c2ccccc2)cc1. The van der Waals surface area contributed by atoms with Crippen LogP contribution in [0.15, 0.2) is 157 Å². The molecule has 3 aromatic heterocycles. The molecule has 11 rings (SSSR count). The fourth-order valence-corrected chi connectivity index (χ4v) is 15.9. The third-order valence-electron chi connectivity index (χ3n) is 17.8. The molecule has 5 fully saturated rings. The summed E-state index contributed by atoms with van der Waals surface area (Å²) in [5.74, 6) is 0. The molecule has 31 heteroatoms. The van der Waals surface area contributed by atoms with E-state index in [0.717, 1.165) is 39.3 Å². The Morgan fingerprint density at radius 1 is 0.528 bits per heavy atom. The minimum Gasteiger partial charge on any atom is -0.412 e. The van der Waals surface area contributed by atoms with E-state index >= 15 is 0 Å². The average molecular weight is 1590 g/mol. The number of H-pyrrole nitrogens is 3. The first-order valence-corrected chi connectivity index (χ1v) is 39.5. The lowest BCUT2D eigenvalue weighted by Gasteiger charge is -2.34. The Kier molecular flexibility index (Phi) is 48.7. The lowest BCUT2D eigenvalue weighted by atomic mass is 9.88. The molecule has 8 heterocycles. The molecule has 5 saturated heterocycles. The molecule has 0 amide bonds. The molecule has 0 aliphatic carbocycles. The number of rotatable bonds is 22. The van der Waals surface area contributed by atoms with Crippen LogP contribution in [0.5, 0.6) is 0 Å². The maximum Gasteiger partial charge on any atom is 0.330 e. The van der Waals surface area contributed by atoms with Gasteiger partial charge >= 0.3 is 17.1 Å². The lowest BCUT2D eigenvalue weighted by molar-refractivity contribution is -0.112. The minimum absolute atomic E-state index is 0. The highest BCUT2D eigenvalue weighted by molar-refractivity contribution is 7.79. The van der Waals surface area contributed by atoms with Crippen LogP contribution in [0.1, 0.15) is 159 Å². The zero-order chi connectivity index (χ0) is 76.0. The number of hydrogen-bond donors (Lipinski definition) is 5. The zero-order valence-corrected chi connectivity index (χ0v) is 65.6. The summed E-state index contributed by atoms with van der Waals surface area (Å²) < 4.78 is 60.2. The smallest absolute Gasteiger partial charge is 0.330 e. The van der Waals surface area contributed by atoms with Gasteiger partial charge in [0.15, 0.2) is 27.1 Å². The normalized spacial score (nSPS) is 23.7. The van der Waals surface area contributed by atoms with Gasteiger partial charge in [-0.1, -0.05) is 160 Å². The second kappa shape index (κ2) is 52.5. The summed E-state index contributed by atoms with van der Waals surface area (Å²) in [4.78, 5) is 76.5. The van der Waals surface area contributed by atoms with Gasteiger partial charge < -0.3 is 62.6 Å². The molecule has 3 aromatic carbocycles. The van der Waals surface area contributed by atoms with Crippen molar-refractivity contribution in [2.45, 2.75) is 212 Å². The Hall–Kier alpha value is -5.60. The molecule has 106 heavy (non-hydrogen) atoms. The van der Waals surface area contributed by atoms with Crippen molar-refractivity contribution in [1.82, 2.24) is 28.7 Å². The molecule has 0 radical (unpaired) electrons. The summed E-state index contributed by atoms with van der Waals surface area (Å²) >= 11 is 14.2. The van der Waals surface area contributed by atoms with Gasteiger partial charge in [0, 0.05) is 97.6 Å². The number of nitrogens with one attached hydrogen (secondary N) is 3. The molecule has 6 aromatic rings. The summed E-state index contributed by atoms with van der Waals surface area (Å²) in [5.41, 5.74) is -5.30. The number of benzene rings is 3. The Balaban J connectivity index is 0.000000658. The molecule has 5 aliphatic rings. The van der Waals surface area contributed by atoms with E-state index in [2.05, 4.69) is 118 Å². The van der Waals surface area contributed by atoms with Crippen molar-refractivity contribution in [1.29, 1.82) is 5.26 Å². The monoisotopic (exact) mass is 1590 g/mol. The number of nitriles is 1. The van der Waals surface area contributed by atoms with E-state index in [1.165, 1.54) is 120 Å². The predicted molar refractivity (Wildman–Crippen MR) is 422 cm³/mol. The fourth-order valence-electron chi connectivity index (χ4n) is 12.5. The van der Waals surface area contributed by atoms with Crippen molar-refractivity contribution in [2.75, 3.05) is 72.8 Å². The third kappa shape index (κ3) is 27.8. The van der Waals surface area contributed by atoms with E-state index in [4.69, 9.17) is 75.4 Å². The van der Waals surface area contributed by atoms with Crippen LogP contribution in [0.3, 0.4) is 0 Å². The molecule has 596 valence electrons. The van der Waals surface area contributed by atoms with Crippen LogP contribution in [0.25, 0.3) is 0 Å². The van der Waals surface area contributed by atoms with Crippen molar-refractivity contribution in [3.8, 4) is 6.07 Å². The number of ether oxygens (including phenoxy) is 8. The van der Waals surface area contributed by atoms with E-state index in [1.807, 2.05) is 54.3 Å². The molecule has 7 N–H and O–H groups in total. The third-order valence-corrected chi connectivity index (χ3v) is 21.3. The summed E-state index contributed by atoms with van der Waals surface area (Å²) in [6.45, 7) is 18.0. The maximum absolute atomic E-state index is 12.3.